The van der Waals surface area contributed by atoms with Gasteiger partial charge in [0.1, 0.15) is 11.6 Å². The Morgan fingerprint density at radius 3 is 2.75 bits per heavy atom. The van der Waals surface area contributed by atoms with Crippen LogP contribution < -0.4 is 10.5 Å². The van der Waals surface area contributed by atoms with Crippen LogP contribution in [0, 0.1) is 5.82 Å². The second-order valence-electron chi connectivity index (χ2n) is 3.36. The Hall–Kier alpha value is -0.840. The van der Waals surface area contributed by atoms with E-state index in [4.69, 9.17) is 15.6 Å². The molecule has 0 unspecified atom stereocenters. The standard InChI is InChI=1S/C11H16FNO2.ClH/c1-15-11-5-4-8(12)7-9(11)10(13)3-2-6-14;/h4-5,7,10,14H,2-3,6,13H2,1H3;1H/t10-;/m1./s1. The highest BCUT2D eigenvalue weighted by atomic mass is 35.5. The van der Waals surface area contributed by atoms with Crippen molar-refractivity contribution in [1.82, 2.24) is 0 Å². The lowest BCUT2D eigenvalue weighted by molar-refractivity contribution is 0.279. The first kappa shape index (κ1) is 15.2. The molecule has 1 aromatic rings. The Labute approximate surface area is 101 Å². The number of benzene rings is 1. The van der Waals surface area contributed by atoms with Gasteiger partial charge in [-0.15, -0.1) is 12.4 Å². The highest BCUT2D eigenvalue weighted by Crippen LogP contribution is 2.26. The van der Waals surface area contributed by atoms with Gasteiger partial charge in [0.2, 0.25) is 0 Å². The van der Waals surface area contributed by atoms with Crippen molar-refractivity contribution in [3.8, 4) is 5.75 Å². The molecule has 0 aliphatic heterocycles. The van der Waals surface area contributed by atoms with Crippen molar-refractivity contribution in [2.24, 2.45) is 5.73 Å². The van der Waals surface area contributed by atoms with Gasteiger partial charge in [0.15, 0.2) is 0 Å². The fourth-order valence-corrected chi connectivity index (χ4v) is 1.46. The Morgan fingerprint density at radius 2 is 2.19 bits per heavy atom. The zero-order chi connectivity index (χ0) is 11.3. The largest absolute Gasteiger partial charge is 0.496 e. The zero-order valence-corrected chi connectivity index (χ0v) is 9.97. The van der Waals surface area contributed by atoms with E-state index < -0.39 is 0 Å². The van der Waals surface area contributed by atoms with Crippen molar-refractivity contribution >= 4 is 12.4 Å². The molecular weight excluding hydrogens is 233 g/mol. The third kappa shape index (κ3) is 3.96. The summed E-state index contributed by atoms with van der Waals surface area (Å²) >= 11 is 0. The van der Waals surface area contributed by atoms with Crippen molar-refractivity contribution < 1.29 is 14.2 Å². The molecule has 3 N–H and O–H groups in total. The van der Waals surface area contributed by atoms with E-state index in [9.17, 15) is 4.39 Å². The maximum absolute atomic E-state index is 13.0. The van der Waals surface area contributed by atoms with E-state index in [0.717, 1.165) is 0 Å². The van der Waals surface area contributed by atoms with Crippen LogP contribution in [0.2, 0.25) is 0 Å². The molecule has 0 aliphatic rings. The number of ether oxygens (including phenoxy) is 1. The van der Waals surface area contributed by atoms with Gasteiger partial charge in [0, 0.05) is 18.2 Å². The minimum atomic E-state index is -0.328. The molecule has 0 fully saturated rings. The maximum atomic E-state index is 13.0. The second-order valence-corrected chi connectivity index (χ2v) is 3.36. The zero-order valence-electron chi connectivity index (χ0n) is 9.15. The van der Waals surface area contributed by atoms with Crippen molar-refractivity contribution in [3.05, 3.63) is 29.6 Å². The SMILES string of the molecule is COc1ccc(F)cc1[C@H](N)CCCO.Cl. The van der Waals surface area contributed by atoms with Crippen molar-refractivity contribution in [2.75, 3.05) is 13.7 Å². The normalized spacial score (nSPS) is 11.8. The summed E-state index contributed by atoms with van der Waals surface area (Å²) < 4.78 is 18.1. The lowest BCUT2D eigenvalue weighted by Gasteiger charge is -2.15. The van der Waals surface area contributed by atoms with Crippen LogP contribution in [0.15, 0.2) is 18.2 Å². The number of nitrogens with two attached hydrogens (primary N) is 1. The predicted molar refractivity (Wildman–Crippen MR) is 63.4 cm³/mol. The molecule has 0 aromatic heterocycles. The smallest absolute Gasteiger partial charge is 0.123 e. The molecule has 1 atom stereocenters. The highest BCUT2D eigenvalue weighted by Gasteiger charge is 2.12. The fourth-order valence-electron chi connectivity index (χ4n) is 1.46. The highest BCUT2D eigenvalue weighted by molar-refractivity contribution is 5.85. The second kappa shape index (κ2) is 7.44. The quantitative estimate of drug-likeness (QED) is 0.840. The van der Waals surface area contributed by atoms with Crippen LogP contribution in [-0.2, 0) is 0 Å². The van der Waals surface area contributed by atoms with Gasteiger partial charge >= 0.3 is 0 Å². The first-order chi connectivity index (χ1) is 7.19. The Bertz CT molecular complexity index is 323. The molecule has 3 nitrogen and oxygen atoms in total. The third-order valence-corrected chi connectivity index (χ3v) is 2.26. The van der Waals surface area contributed by atoms with Gasteiger partial charge in [-0.2, -0.15) is 0 Å². The van der Waals surface area contributed by atoms with Crippen molar-refractivity contribution in [3.63, 3.8) is 0 Å². The summed E-state index contributed by atoms with van der Waals surface area (Å²) in [4.78, 5) is 0. The van der Waals surface area contributed by atoms with Crippen LogP contribution in [0.5, 0.6) is 5.75 Å². The number of rotatable bonds is 5. The molecule has 5 heteroatoms. The molecule has 0 radical (unpaired) electrons. The summed E-state index contributed by atoms with van der Waals surface area (Å²) in [5.74, 6) is 0.257. The molecule has 92 valence electrons. The summed E-state index contributed by atoms with van der Waals surface area (Å²) in [6.07, 6.45) is 1.21. The van der Waals surface area contributed by atoms with E-state index >= 15 is 0 Å². The minimum absolute atomic E-state index is 0. The number of aliphatic hydroxyl groups excluding tert-OH is 1. The van der Waals surface area contributed by atoms with Crippen molar-refractivity contribution in [1.29, 1.82) is 0 Å². The number of hydrogen-bond donors (Lipinski definition) is 2. The molecule has 0 aliphatic carbocycles. The van der Waals surface area contributed by atoms with E-state index in [1.165, 1.54) is 19.2 Å². The first-order valence-corrected chi connectivity index (χ1v) is 4.89. The molecule has 16 heavy (non-hydrogen) atoms. The van der Waals surface area contributed by atoms with Gasteiger partial charge in [-0.3, -0.25) is 0 Å². The molecular formula is C11H17ClFNO2. The molecule has 1 rings (SSSR count). The molecule has 0 amide bonds. The van der Waals surface area contributed by atoms with E-state index in [0.29, 0.717) is 24.2 Å². The topological polar surface area (TPSA) is 55.5 Å². The van der Waals surface area contributed by atoms with Crippen LogP contribution in [-0.4, -0.2) is 18.8 Å². The summed E-state index contributed by atoms with van der Waals surface area (Å²) in [5.41, 5.74) is 6.51. The van der Waals surface area contributed by atoms with E-state index in [-0.39, 0.29) is 30.9 Å². The number of halogens is 2. The monoisotopic (exact) mass is 249 g/mol. The van der Waals surface area contributed by atoms with Gasteiger partial charge in [0.05, 0.1) is 7.11 Å². The van der Waals surface area contributed by atoms with E-state index in [1.54, 1.807) is 6.07 Å². The molecule has 1 aromatic carbocycles. The average Bonchev–Trinajstić information content (AvgIpc) is 2.25. The van der Waals surface area contributed by atoms with Gasteiger partial charge in [-0.05, 0) is 31.0 Å². The van der Waals surface area contributed by atoms with Crippen molar-refractivity contribution in [2.45, 2.75) is 18.9 Å². The first-order valence-electron chi connectivity index (χ1n) is 4.89. The summed E-state index contributed by atoms with van der Waals surface area (Å²) in [6.45, 7) is 0.0886. The maximum Gasteiger partial charge on any atom is 0.123 e. The summed E-state index contributed by atoms with van der Waals surface area (Å²) in [6, 6.07) is 3.97. The van der Waals surface area contributed by atoms with Crippen LogP contribution >= 0.6 is 12.4 Å². The van der Waals surface area contributed by atoms with E-state index in [2.05, 4.69) is 0 Å². The Kier molecular flexibility index (Phi) is 7.05. The average molecular weight is 250 g/mol. The lowest BCUT2D eigenvalue weighted by atomic mass is 10.0. The molecule has 0 bridgehead atoms. The Balaban J connectivity index is 0.00000225. The fraction of sp³-hybridized carbons (Fsp3) is 0.455. The minimum Gasteiger partial charge on any atom is -0.496 e. The van der Waals surface area contributed by atoms with Crippen LogP contribution in [0.25, 0.3) is 0 Å². The van der Waals surface area contributed by atoms with Crippen LogP contribution in [0.1, 0.15) is 24.4 Å². The van der Waals surface area contributed by atoms with Gasteiger partial charge in [0.25, 0.3) is 0 Å². The number of aliphatic hydroxyl groups is 1. The van der Waals surface area contributed by atoms with Crippen LogP contribution in [0.3, 0.4) is 0 Å². The summed E-state index contributed by atoms with van der Waals surface area (Å²) in [5, 5.41) is 8.68. The van der Waals surface area contributed by atoms with E-state index in [1.807, 2.05) is 0 Å². The predicted octanol–water partition coefficient (Wildman–Crippen LogP) is 2.03. The molecule has 0 saturated carbocycles. The third-order valence-electron chi connectivity index (χ3n) is 2.26. The van der Waals surface area contributed by atoms with Crippen LogP contribution in [0.4, 0.5) is 4.39 Å². The van der Waals surface area contributed by atoms with Gasteiger partial charge in [-0.25, -0.2) is 4.39 Å². The molecule has 0 heterocycles. The number of methoxy groups -OCH3 is 1. The Morgan fingerprint density at radius 1 is 1.50 bits per heavy atom. The summed E-state index contributed by atoms with van der Waals surface area (Å²) in [7, 11) is 1.52. The molecule has 0 saturated heterocycles. The van der Waals surface area contributed by atoms with Gasteiger partial charge in [-0.1, -0.05) is 0 Å². The number of hydrogen-bond acceptors (Lipinski definition) is 3. The van der Waals surface area contributed by atoms with Gasteiger partial charge < -0.3 is 15.6 Å². The molecule has 0 spiro atoms. The lowest BCUT2D eigenvalue weighted by Crippen LogP contribution is -2.12.